The van der Waals surface area contributed by atoms with Crippen LogP contribution in [-0.2, 0) is 11.3 Å². The predicted octanol–water partition coefficient (Wildman–Crippen LogP) is 2.24. The Morgan fingerprint density at radius 1 is 1.41 bits per heavy atom. The monoisotopic (exact) mass is 250 g/mol. The maximum atomic E-state index is 11.8. The molecule has 0 N–H and O–H groups in total. The zero-order valence-electron chi connectivity index (χ0n) is 9.76. The number of halogens is 3. The third-order valence-electron chi connectivity index (χ3n) is 2.30. The van der Waals surface area contributed by atoms with Gasteiger partial charge in [-0.3, -0.25) is 14.2 Å². The lowest BCUT2D eigenvalue weighted by atomic mass is 10.1. The topological polar surface area (TPSA) is 44.1 Å². The van der Waals surface area contributed by atoms with E-state index in [2.05, 4.69) is 9.84 Å². The number of nitrogens with zero attached hydrogens (tertiary/aromatic N) is 2. The first-order valence-corrected chi connectivity index (χ1v) is 4.98. The Balaban J connectivity index is 2.74. The van der Waals surface area contributed by atoms with Gasteiger partial charge in [0, 0.05) is 5.69 Å². The summed E-state index contributed by atoms with van der Waals surface area (Å²) < 4.78 is 40.3. The van der Waals surface area contributed by atoms with Gasteiger partial charge in [0.25, 0.3) is 0 Å². The first-order valence-electron chi connectivity index (χ1n) is 4.98. The molecule has 0 atom stereocenters. The van der Waals surface area contributed by atoms with Gasteiger partial charge in [-0.2, -0.15) is 5.10 Å². The molecule has 17 heavy (non-hydrogen) atoms. The molecular formula is C10H13F3N2O2. The number of rotatable bonds is 4. The second-order valence-corrected chi connectivity index (χ2v) is 3.62. The lowest BCUT2D eigenvalue weighted by Crippen LogP contribution is -2.18. The van der Waals surface area contributed by atoms with Crippen LogP contribution in [-0.4, -0.2) is 28.5 Å². The van der Waals surface area contributed by atoms with Crippen LogP contribution < -0.4 is 0 Å². The van der Waals surface area contributed by atoms with Gasteiger partial charge in [0.2, 0.25) is 0 Å². The van der Waals surface area contributed by atoms with Gasteiger partial charge >= 0.3 is 6.36 Å². The summed E-state index contributed by atoms with van der Waals surface area (Å²) in [7, 11) is 0. The fraction of sp³-hybridized carbons (Fsp3) is 0.600. The number of hydrogen-bond acceptors (Lipinski definition) is 3. The third-order valence-corrected chi connectivity index (χ3v) is 2.30. The molecule has 4 nitrogen and oxygen atoms in total. The van der Waals surface area contributed by atoms with Gasteiger partial charge in [0.15, 0.2) is 5.78 Å². The Hall–Kier alpha value is -1.37. The van der Waals surface area contributed by atoms with Gasteiger partial charge < -0.3 is 0 Å². The van der Waals surface area contributed by atoms with E-state index >= 15 is 0 Å². The molecule has 0 aromatic carbocycles. The third kappa shape index (κ3) is 3.55. The number of hydrogen-bond donors (Lipinski definition) is 0. The number of carbonyl (C=O) groups is 1. The number of aryl methyl sites for hydroxylation is 1. The molecule has 0 fully saturated rings. The van der Waals surface area contributed by atoms with Gasteiger partial charge in [-0.25, -0.2) is 0 Å². The molecule has 1 aromatic heterocycles. The number of aromatic nitrogens is 2. The Morgan fingerprint density at radius 2 is 2.00 bits per heavy atom. The highest BCUT2D eigenvalue weighted by Crippen LogP contribution is 2.17. The van der Waals surface area contributed by atoms with Crippen molar-refractivity contribution < 1.29 is 22.7 Å². The Kier molecular flexibility index (Phi) is 3.92. The molecule has 0 spiro atoms. The second-order valence-electron chi connectivity index (χ2n) is 3.62. The van der Waals surface area contributed by atoms with Crippen molar-refractivity contribution in [1.29, 1.82) is 0 Å². The SMILES string of the molecule is CC(=O)c1c(C)nn(CCOC(F)(F)F)c1C. The van der Waals surface area contributed by atoms with E-state index in [0.29, 0.717) is 17.0 Å². The summed E-state index contributed by atoms with van der Waals surface area (Å²) in [6.45, 7) is 4.12. The highest BCUT2D eigenvalue weighted by molar-refractivity contribution is 5.96. The highest BCUT2D eigenvalue weighted by atomic mass is 19.4. The lowest BCUT2D eigenvalue weighted by Gasteiger charge is -2.08. The molecule has 0 radical (unpaired) electrons. The normalized spacial score (nSPS) is 11.9. The summed E-state index contributed by atoms with van der Waals surface area (Å²) in [4.78, 5) is 11.3. The molecular weight excluding hydrogens is 237 g/mol. The van der Waals surface area contributed by atoms with Crippen molar-refractivity contribution in [3.05, 3.63) is 17.0 Å². The van der Waals surface area contributed by atoms with Crippen molar-refractivity contribution in [2.45, 2.75) is 33.7 Å². The first kappa shape index (κ1) is 13.7. The summed E-state index contributed by atoms with van der Waals surface area (Å²) >= 11 is 0. The average molecular weight is 250 g/mol. The van der Waals surface area contributed by atoms with Crippen molar-refractivity contribution in [2.75, 3.05) is 6.61 Å². The standard InChI is InChI=1S/C10H13F3N2O2/c1-6-9(8(3)16)7(2)15(14-6)4-5-17-10(11,12)13/h4-5H2,1-3H3. The number of ketones is 1. The molecule has 0 amide bonds. The zero-order chi connectivity index (χ0) is 13.2. The predicted molar refractivity (Wildman–Crippen MR) is 53.7 cm³/mol. The Bertz CT molecular complexity index is 424. The lowest BCUT2D eigenvalue weighted by molar-refractivity contribution is -0.325. The van der Waals surface area contributed by atoms with Gasteiger partial charge in [-0.15, -0.1) is 13.2 Å². The zero-order valence-corrected chi connectivity index (χ0v) is 9.76. The number of alkyl halides is 3. The molecule has 1 rings (SSSR count). The molecule has 0 aliphatic rings. The second kappa shape index (κ2) is 4.87. The molecule has 7 heteroatoms. The van der Waals surface area contributed by atoms with Crippen molar-refractivity contribution in [3.8, 4) is 0 Å². The Labute approximate surface area is 96.4 Å². The van der Waals surface area contributed by atoms with Crippen LogP contribution in [0.4, 0.5) is 13.2 Å². The minimum Gasteiger partial charge on any atom is -0.294 e. The molecule has 1 heterocycles. The van der Waals surface area contributed by atoms with E-state index in [-0.39, 0.29) is 12.3 Å². The van der Waals surface area contributed by atoms with Crippen LogP contribution in [0.15, 0.2) is 0 Å². The van der Waals surface area contributed by atoms with Gasteiger partial charge in [0.05, 0.1) is 24.4 Å². The average Bonchev–Trinajstić information content (AvgIpc) is 2.39. The van der Waals surface area contributed by atoms with Crippen molar-refractivity contribution in [1.82, 2.24) is 9.78 Å². The van der Waals surface area contributed by atoms with E-state index in [4.69, 9.17) is 0 Å². The summed E-state index contributed by atoms with van der Waals surface area (Å²) in [6.07, 6.45) is -4.64. The summed E-state index contributed by atoms with van der Waals surface area (Å²) in [5.41, 5.74) is 1.53. The van der Waals surface area contributed by atoms with Crippen molar-refractivity contribution in [2.24, 2.45) is 0 Å². The van der Waals surface area contributed by atoms with Gasteiger partial charge in [-0.05, 0) is 20.8 Å². The molecule has 0 unspecified atom stereocenters. The van der Waals surface area contributed by atoms with Gasteiger partial charge in [-0.1, -0.05) is 0 Å². The van der Waals surface area contributed by atoms with Crippen LogP contribution >= 0.6 is 0 Å². The van der Waals surface area contributed by atoms with Crippen LogP contribution in [0.3, 0.4) is 0 Å². The summed E-state index contributed by atoms with van der Waals surface area (Å²) in [5.74, 6) is -0.150. The summed E-state index contributed by atoms with van der Waals surface area (Å²) in [5, 5.41) is 4.00. The fourth-order valence-electron chi connectivity index (χ4n) is 1.67. The minimum atomic E-state index is -4.64. The largest absolute Gasteiger partial charge is 0.522 e. The van der Waals surface area contributed by atoms with Crippen molar-refractivity contribution >= 4 is 5.78 Å². The van der Waals surface area contributed by atoms with E-state index in [9.17, 15) is 18.0 Å². The molecule has 1 aromatic rings. The minimum absolute atomic E-state index is 0.0422. The number of carbonyl (C=O) groups excluding carboxylic acids is 1. The molecule has 96 valence electrons. The molecule has 0 aliphatic carbocycles. The molecule has 0 saturated heterocycles. The smallest absolute Gasteiger partial charge is 0.294 e. The fourth-order valence-corrected chi connectivity index (χ4v) is 1.67. The van der Waals surface area contributed by atoms with E-state index in [1.54, 1.807) is 13.8 Å². The maximum Gasteiger partial charge on any atom is 0.522 e. The van der Waals surface area contributed by atoms with Gasteiger partial charge in [0.1, 0.15) is 0 Å². The van der Waals surface area contributed by atoms with Crippen LogP contribution in [0.2, 0.25) is 0 Å². The first-order chi connectivity index (χ1) is 7.72. The van der Waals surface area contributed by atoms with E-state index < -0.39 is 13.0 Å². The molecule has 0 aliphatic heterocycles. The molecule has 0 bridgehead atoms. The Morgan fingerprint density at radius 3 is 2.41 bits per heavy atom. The van der Waals surface area contributed by atoms with E-state index in [1.165, 1.54) is 11.6 Å². The van der Waals surface area contributed by atoms with Crippen LogP contribution in [0.1, 0.15) is 28.7 Å². The summed E-state index contributed by atoms with van der Waals surface area (Å²) in [6, 6.07) is 0. The van der Waals surface area contributed by atoms with Crippen LogP contribution in [0.5, 0.6) is 0 Å². The van der Waals surface area contributed by atoms with Crippen LogP contribution in [0.25, 0.3) is 0 Å². The maximum absolute atomic E-state index is 11.8. The number of ether oxygens (including phenoxy) is 1. The van der Waals surface area contributed by atoms with E-state index in [1.807, 2.05) is 0 Å². The quantitative estimate of drug-likeness (QED) is 0.770. The number of Topliss-reactive ketones (excluding diaryl/α,β-unsaturated/α-hetero) is 1. The molecule has 0 saturated carbocycles. The van der Waals surface area contributed by atoms with Crippen molar-refractivity contribution in [3.63, 3.8) is 0 Å². The van der Waals surface area contributed by atoms with E-state index in [0.717, 1.165) is 0 Å². The highest BCUT2D eigenvalue weighted by Gasteiger charge is 2.28. The van der Waals surface area contributed by atoms with Crippen LogP contribution in [0, 0.1) is 13.8 Å².